The standard InChI is InChI=1S/C7H8N2S.HI/c8-7-5-2-4-10-6(5)1-3-9-7;/h2,4H,1,3H2,(H2,8,9);1H. The van der Waals surface area contributed by atoms with Gasteiger partial charge in [-0.25, -0.2) is 0 Å². The van der Waals surface area contributed by atoms with Crippen molar-refractivity contribution < 1.29 is 0 Å². The number of rotatable bonds is 0. The van der Waals surface area contributed by atoms with Crippen molar-refractivity contribution in [2.45, 2.75) is 6.42 Å². The molecule has 0 spiro atoms. The van der Waals surface area contributed by atoms with Gasteiger partial charge in [-0.3, -0.25) is 4.99 Å². The topological polar surface area (TPSA) is 38.4 Å². The van der Waals surface area contributed by atoms with Crippen LogP contribution in [0.3, 0.4) is 0 Å². The van der Waals surface area contributed by atoms with Gasteiger partial charge in [-0.2, -0.15) is 0 Å². The van der Waals surface area contributed by atoms with E-state index in [1.54, 1.807) is 11.3 Å². The van der Waals surface area contributed by atoms with Crippen LogP contribution in [0.4, 0.5) is 0 Å². The highest BCUT2D eigenvalue weighted by molar-refractivity contribution is 14.0. The maximum Gasteiger partial charge on any atom is 0.126 e. The van der Waals surface area contributed by atoms with Gasteiger partial charge in [0.1, 0.15) is 5.84 Å². The third kappa shape index (κ3) is 1.56. The highest BCUT2D eigenvalue weighted by Crippen LogP contribution is 2.19. The van der Waals surface area contributed by atoms with E-state index in [2.05, 4.69) is 10.4 Å². The lowest BCUT2D eigenvalue weighted by Crippen LogP contribution is -2.18. The minimum absolute atomic E-state index is 0. The van der Waals surface area contributed by atoms with E-state index in [4.69, 9.17) is 5.73 Å². The van der Waals surface area contributed by atoms with Crippen LogP contribution in [0.15, 0.2) is 16.4 Å². The van der Waals surface area contributed by atoms with Gasteiger partial charge in [-0.05, 0) is 11.4 Å². The third-order valence-electron chi connectivity index (χ3n) is 1.64. The molecule has 1 aromatic heterocycles. The van der Waals surface area contributed by atoms with E-state index >= 15 is 0 Å². The van der Waals surface area contributed by atoms with Crippen molar-refractivity contribution in [2.24, 2.45) is 10.7 Å². The van der Waals surface area contributed by atoms with Gasteiger partial charge in [0.15, 0.2) is 0 Å². The number of halogens is 1. The summed E-state index contributed by atoms with van der Waals surface area (Å²) in [5, 5.41) is 2.07. The van der Waals surface area contributed by atoms with Gasteiger partial charge in [0.25, 0.3) is 0 Å². The van der Waals surface area contributed by atoms with Crippen LogP contribution in [-0.4, -0.2) is 12.4 Å². The number of thiophene rings is 1. The third-order valence-corrected chi connectivity index (χ3v) is 2.62. The van der Waals surface area contributed by atoms with Gasteiger partial charge in [0, 0.05) is 23.4 Å². The van der Waals surface area contributed by atoms with E-state index in [1.807, 2.05) is 6.07 Å². The lowest BCUT2D eigenvalue weighted by molar-refractivity contribution is 0.960. The predicted octanol–water partition coefficient (Wildman–Crippen LogP) is 1.63. The fourth-order valence-electron chi connectivity index (χ4n) is 1.13. The molecule has 2 heterocycles. The van der Waals surface area contributed by atoms with Crippen LogP contribution in [0, 0.1) is 0 Å². The van der Waals surface area contributed by atoms with Gasteiger partial charge in [-0.15, -0.1) is 35.3 Å². The zero-order chi connectivity index (χ0) is 6.97. The summed E-state index contributed by atoms with van der Waals surface area (Å²) < 4.78 is 0. The number of hydrogen-bond acceptors (Lipinski definition) is 3. The van der Waals surface area contributed by atoms with Crippen LogP contribution in [0.5, 0.6) is 0 Å². The summed E-state index contributed by atoms with van der Waals surface area (Å²) in [6, 6.07) is 2.04. The van der Waals surface area contributed by atoms with E-state index in [1.165, 1.54) is 4.88 Å². The second-order valence-corrected chi connectivity index (χ2v) is 3.28. The average Bonchev–Trinajstić information content (AvgIpc) is 2.36. The minimum atomic E-state index is 0. The van der Waals surface area contributed by atoms with E-state index in [9.17, 15) is 0 Å². The summed E-state index contributed by atoms with van der Waals surface area (Å²) >= 11 is 1.77. The summed E-state index contributed by atoms with van der Waals surface area (Å²) in [6.45, 7) is 0.860. The maximum absolute atomic E-state index is 5.65. The molecule has 0 aliphatic carbocycles. The number of nitrogens with zero attached hydrogens (tertiary/aromatic N) is 1. The lowest BCUT2D eigenvalue weighted by atomic mass is 10.1. The molecule has 0 fully saturated rings. The largest absolute Gasteiger partial charge is 0.383 e. The molecule has 2 nitrogen and oxygen atoms in total. The Bertz CT molecular complexity index is 280. The first kappa shape index (κ1) is 8.99. The molecule has 4 heteroatoms. The van der Waals surface area contributed by atoms with Crippen LogP contribution >= 0.6 is 35.3 Å². The Morgan fingerprint density at radius 3 is 3.09 bits per heavy atom. The van der Waals surface area contributed by atoms with Crippen LogP contribution in [0.25, 0.3) is 0 Å². The first-order valence-electron chi connectivity index (χ1n) is 3.24. The fourth-order valence-corrected chi connectivity index (χ4v) is 2.00. The van der Waals surface area contributed by atoms with E-state index < -0.39 is 0 Å². The highest BCUT2D eigenvalue weighted by Gasteiger charge is 2.10. The molecule has 0 radical (unpaired) electrons. The number of nitrogens with two attached hydrogens (primary N) is 1. The molecule has 11 heavy (non-hydrogen) atoms. The molecule has 1 aliphatic rings. The van der Waals surface area contributed by atoms with Crippen molar-refractivity contribution in [1.29, 1.82) is 0 Å². The zero-order valence-corrected chi connectivity index (χ0v) is 9.06. The molecule has 0 amide bonds. The van der Waals surface area contributed by atoms with Crippen LogP contribution in [-0.2, 0) is 6.42 Å². The van der Waals surface area contributed by atoms with E-state index in [0.29, 0.717) is 5.84 Å². The van der Waals surface area contributed by atoms with Crippen molar-refractivity contribution in [3.8, 4) is 0 Å². The van der Waals surface area contributed by atoms with Crippen molar-refractivity contribution in [2.75, 3.05) is 6.54 Å². The highest BCUT2D eigenvalue weighted by atomic mass is 127. The SMILES string of the molecule is I.NC1=NCCc2sccc21. The summed E-state index contributed by atoms with van der Waals surface area (Å²) in [5.74, 6) is 0.711. The summed E-state index contributed by atoms with van der Waals surface area (Å²) in [5.41, 5.74) is 6.80. The van der Waals surface area contributed by atoms with Crippen molar-refractivity contribution in [1.82, 2.24) is 0 Å². The first-order chi connectivity index (χ1) is 4.88. The van der Waals surface area contributed by atoms with Crippen LogP contribution in [0.2, 0.25) is 0 Å². The molecule has 1 aromatic rings. The molecule has 60 valence electrons. The Kier molecular flexibility index (Phi) is 2.89. The molecule has 0 unspecified atom stereocenters. The number of amidine groups is 1. The molecular formula is C7H9IN2S. The predicted molar refractivity (Wildman–Crippen MR) is 59.0 cm³/mol. The number of aliphatic imine (C=N–C) groups is 1. The van der Waals surface area contributed by atoms with Gasteiger partial charge >= 0.3 is 0 Å². The molecule has 0 saturated heterocycles. The molecule has 0 saturated carbocycles. The van der Waals surface area contributed by atoms with Crippen molar-refractivity contribution in [3.63, 3.8) is 0 Å². The van der Waals surface area contributed by atoms with Crippen molar-refractivity contribution in [3.05, 3.63) is 21.9 Å². The quantitative estimate of drug-likeness (QED) is 0.721. The van der Waals surface area contributed by atoms with Gasteiger partial charge in [0.05, 0.1) is 0 Å². The summed E-state index contributed by atoms with van der Waals surface area (Å²) in [4.78, 5) is 5.53. The van der Waals surface area contributed by atoms with Crippen LogP contribution in [0.1, 0.15) is 10.4 Å². The molecular weight excluding hydrogens is 271 g/mol. The Morgan fingerprint density at radius 2 is 2.36 bits per heavy atom. The maximum atomic E-state index is 5.65. The molecule has 0 aromatic carbocycles. The van der Waals surface area contributed by atoms with E-state index in [-0.39, 0.29) is 24.0 Å². The summed E-state index contributed by atoms with van der Waals surface area (Å²) in [7, 11) is 0. The molecule has 1 aliphatic heterocycles. The Morgan fingerprint density at radius 1 is 1.55 bits per heavy atom. The first-order valence-corrected chi connectivity index (χ1v) is 4.12. The smallest absolute Gasteiger partial charge is 0.126 e. The molecule has 0 bridgehead atoms. The Balaban J connectivity index is 0.000000605. The summed E-state index contributed by atoms with van der Waals surface area (Å²) in [6.07, 6.45) is 1.06. The Labute approximate surface area is 86.5 Å². The van der Waals surface area contributed by atoms with Gasteiger partial charge in [-0.1, -0.05) is 0 Å². The molecule has 2 N–H and O–H groups in total. The van der Waals surface area contributed by atoms with E-state index in [0.717, 1.165) is 18.5 Å². The lowest BCUT2D eigenvalue weighted by Gasteiger charge is -2.07. The van der Waals surface area contributed by atoms with Gasteiger partial charge in [0.2, 0.25) is 0 Å². The second kappa shape index (κ2) is 3.53. The number of hydrogen-bond donors (Lipinski definition) is 1. The second-order valence-electron chi connectivity index (χ2n) is 2.27. The minimum Gasteiger partial charge on any atom is -0.383 e. The van der Waals surface area contributed by atoms with Crippen molar-refractivity contribution >= 4 is 41.1 Å². The molecule has 2 rings (SSSR count). The Hall–Kier alpha value is -0.100. The zero-order valence-electron chi connectivity index (χ0n) is 5.91. The molecule has 0 atom stereocenters. The van der Waals surface area contributed by atoms with Gasteiger partial charge < -0.3 is 5.73 Å². The fraction of sp³-hybridized carbons (Fsp3) is 0.286. The average molecular weight is 280 g/mol. The van der Waals surface area contributed by atoms with Crippen LogP contribution < -0.4 is 5.73 Å². The normalized spacial score (nSPS) is 14.7. The monoisotopic (exact) mass is 280 g/mol. The number of fused-ring (bicyclic) bond motifs is 1.